The lowest BCUT2D eigenvalue weighted by molar-refractivity contribution is 0.0906. The largest absolute Gasteiger partial charge is 0.396 e. The zero-order valence-electron chi connectivity index (χ0n) is 10.8. The van der Waals surface area contributed by atoms with Crippen LogP contribution in [-0.4, -0.2) is 28.2 Å². The van der Waals surface area contributed by atoms with Gasteiger partial charge >= 0.3 is 0 Å². The van der Waals surface area contributed by atoms with Gasteiger partial charge in [0.15, 0.2) is 0 Å². The summed E-state index contributed by atoms with van der Waals surface area (Å²) in [6.45, 7) is 0.240. The summed E-state index contributed by atoms with van der Waals surface area (Å²) in [6, 6.07) is 1.75. The van der Waals surface area contributed by atoms with Gasteiger partial charge < -0.3 is 15.0 Å². The lowest BCUT2D eigenvalue weighted by Gasteiger charge is -2.27. The van der Waals surface area contributed by atoms with E-state index >= 15 is 0 Å². The Labute approximate surface area is 122 Å². The molecule has 0 atom stereocenters. The van der Waals surface area contributed by atoms with Crippen LogP contribution in [0.3, 0.4) is 0 Å². The molecule has 0 unspecified atom stereocenters. The summed E-state index contributed by atoms with van der Waals surface area (Å²) < 4.78 is 1.58. The van der Waals surface area contributed by atoms with Crippen LogP contribution in [0, 0.1) is 5.92 Å². The van der Waals surface area contributed by atoms with Crippen LogP contribution in [0.2, 0.25) is 10.2 Å². The highest BCUT2D eigenvalue weighted by Crippen LogP contribution is 2.26. The molecule has 6 heteroatoms. The van der Waals surface area contributed by atoms with Crippen molar-refractivity contribution in [3.63, 3.8) is 0 Å². The molecule has 0 aromatic carbocycles. The number of aromatic nitrogens is 1. The minimum Gasteiger partial charge on any atom is -0.396 e. The summed E-state index contributed by atoms with van der Waals surface area (Å²) in [5.74, 6) is 0.232. The fraction of sp³-hybridized carbons (Fsp3) is 0.615. The molecule has 19 heavy (non-hydrogen) atoms. The van der Waals surface area contributed by atoms with Gasteiger partial charge in [0.1, 0.15) is 10.8 Å². The summed E-state index contributed by atoms with van der Waals surface area (Å²) in [7, 11) is 1.71. The van der Waals surface area contributed by atoms with E-state index < -0.39 is 0 Å². The standard InChI is InChI=1S/C13H18Cl2N2O2/c1-17-11(6-10(14)12(17)15)13(19)16-9-4-2-8(7-18)3-5-9/h6,8-9,18H,2-5,7H2,1H3,(H,16,19). The van der Waals surface area contributed by atoms with Gasteiger partial charge in [-0.2, -0.15) is 0 Å². The van der Waals surface area contributed by atoms with Crippen LogP contribution >= 0.6 is 23.2 Å². The number of hydrogen-bond acceptors (Lipinski definition) is 2. The van der Waals surface area contributed by atoms with Gasteiger partial charge in [-0.15, -0.1) is 0 Å². The van der Waals surface area contributed by atoms with Crippen molar-refractivity contribution in [2.24, 2.45) is 13.0 Å². The predicted octanol–water partition coefficient (Wildman–Crippen LogP) is 2.61. The second kappa shape index (κ2) is 6.16. The van der Waals surface area contributed by atoms with E-state index in [2.05, 4.69) is 5.32 Å². The molecule has 0 radical (unpaired) electrons. The van der Waals surface area contributed by atoms with Crippen molar-refractivity contribution >= 4 is 29.1 Å². The van der Waals surface area contributed by atoms with Gasteiger partial charge in [0.25, 0.3) is 5.91 Å². The van der Waals surface area contributed by atoms with E-state index in [1.165, 1.54) is 0 Å². The van der Waals surface area contributed by atoms with Gasteiger partial charge in [0.2, 0.25) is 0 Å². The zero-order chi connectivity index (χ0) is 14.0. The maximum absolute atomic E-state index is 12.2. The first-order valence-electron chi connectivity index (χ1n) is 6.45. The average molecular weight is 305 g/mol. The molecule has 0 bridgehead atoms. The molecule has 2 rings (SSSR count). The quantitative estimate of drug-likeness (QED) is 0.902. The number of amides is 1. The van der Waals surface area contributed by atoms with Crippen LogP contribution in [0.1, 0.15) is 36.2 Å². The highest BCUT2D eigenvalue weighted by Gasteiger charge is 2.23. The molecule has 1 saturated carbocycles. The van der Waals surface area contributed by atoms with Gasteiger partial charge in [0, 0.05) is 19.7 Å². The summed E-state index contributed by atoms with van der Waals surface area (Å²) in [4.78, 5) is 12.2. The average Bonchev–Trinajstić information content (AvgIpc) is 2.67. The van der Waals surface area contributed by atoms with E-state index in [0.717, 1.165) is 25.7 Å². The summed E-state index contributed by atoms with van der Waals surface area (Å²) in [6.07, 6.45) is 3.72. The Morgan fingerprint density at radius 2 is 2.05 bits per heavy atom. The summed E-state index contributed by atoms with van der Waals surface area (Å²) >= 11 is 11.8. The molecule has 0 spiro atoms. The number of aliphatic hydroxyl groups is 1. The molecule has 1 aromatic heterocycles. The minimum absolute atomic E-state index is 0.149. The molecule has 1 amide bonds. The van der Waals surface area contributed by atoms with Crippen molar-refractivity contribution in [3.8, 4) is 0 Å². The molecule has 2 N–H and O–H groups in total. The molecule has 4 nitrogen and oxygen atoms in total. The Morgan fingerprint density at radius 1 is 1.42 bits per heavy atom. The van der Waals surface area contributed by atoms with Crippen LogP contribution in [0.25, 0.3) is 0 Å². The number of aliphatic hydroxyl groups excluding tert-OH is 1. The van der Waals surface area contributed by atoms with Gasteiger partial charge in [-0.1, -0.05) is 23.2 Å². The highest BCUT2D eigenvalue weighted by molar-refractivity contribution is 6.41. The number of nitrogens with one attached hydrogen (secondary N) is 1. The van der Waals surface area contributed by atoms with E-state index in [-0.39, 0.29) is 18.6 Å². The lowest BCUT2D eigenvalue weighted by Crippen LogP contribution is -2.38. The second-order valence-corrected chi connectivity index (χ2v) is 5.87. The molecule has 1 fully saturated rings. The van der Waals surface area contributed by atoms with Crippen molar-refractivity contribution in [1.82, 2.24) is 9.88 Å². The molecule has 1 aliphatic carbocycles. The molecule has 0 saturated heterocycles. The Morgan fingerprint density at radius 3 is 2.53 bits per heavy atom. The third-order valence-corrected chi connectivity index (χ3v) is 4.63. The van der Waals surface area contributed by atoms with Crippen molar-refractivity contribution in [1.29, 1.82) is 0 Å². The van der Waals surface area contributed by atoms with E-state index in [1.807, 2.05) is 0 Å². The molecular formula is C13H18Cl2N2O2. The monoisotopic (exact) mass is 304 g/mol. The van der Waals surface area contributed by atoms with Crippen molar-refractivity contribution < 1.29 is 9.90 Å². The zero-order valence-corrected chi connectivity index (χ0v) is 12.3. The van der Waals surface area contributed by atoms with Gasteiger partial charge in [-0.25, -0.2) is 0 Å². The normalized spacial score (nSPS) is 23.4. The third kappa shape index (κ3) is 3.25. The fourth-order valence-electron chi connectivity index (χ4n) is 2.51. The van der Waals surface area contributed by atoms with E-state index in [9.17, 15) is 4.79 Å². The van der Waals surface area contributed by atoms with E-state index in [0.29, 0.717) is 21.8 Å². The maximum atomic E-state index is 12.2. The number of rotatable bonds is 3. The lowest BCUT2D eigenvalue weighted by atomic mass is 9.86. The van der Waals surface area contributed by atoms with E-state index in [1.54, 1.807) is 17.7 Å². The first kappa shape index (κ1) is 14.7. The Hall–Kier alpha value is -0.710. The SMILES string of the molecule is Cn1c(C(=O)NC2CCC(CO)CC2)cc(Cl)c1Cl. The van der Waals surface area contributed by atoms with Crippen molar-refractivity contribution in [2.75, 3.05) is 6.61 Å². The Balaban J connectivity index is 1.96. The van der Waals surface area contributed by atoms with Gasteiger partial charge in [-0.3, -0.25) is 4.79 Å². The number of hydrogen-bond donors (Lipinski definition) is 2. The van der Waals surface area contributed by atoms with Crippen molar-refractivity contribution in [3.05, 3.63) is 21.9 Å². The molecule has 106 valence electrons. The van der Waals surface area contributed by atoms with Crippen LogP contribution in [0.15, 0.2) is 6.07 Å². The second-order valence-electron chi connectivity index (χ2n) is 5.10. The number of halogens is 2. The Kier molecular flexibility index (Phi) is 4.76. The number of carbonyl (C=O) groups is 1. The Bertz CT molecular complexity index is 465. The van der Waals surface area contributed by atoms with Crippen LogP contribution in [0.5, 0.6) is 0 Å². The van der Waals surface area contributed by atoms with Gasteiger partial charge in [-0.05, 0) is 37.7 Å². The number of carbonyl (C=O) groups excluding carboxylic acids is 1. The predicted molar refractivity (Wildman–Crippen MR) is 75.7 cm³/mol. The molecule has 0 aliphatic heterocycles. The van der Waals surface area contributed by atoms with Crippen LogP contribution in [-0.2, 0) is 7.05 Å². The molecule has 1 aromatic rings. The summed E-state index contributed by atoms with van der Waals surface area (Å²) in [5, 5.41) is 12.8. The molecule has 1 heterocycles. The maximum Gasteiger partial charge on any atom is 0.268 e. The number of nitrogens with zero attached hydrogens (tertiary/aromatic N) is 1. The molecule has 1 aliphatic rings. The van der Waals surface area contributed by atoms with E-state index in [4.69, 9.17) is 28.3 Å². The van der Waals surface area contributed by atoms with Gasteiger partial charge in [0.05, 0.1) is 5.02 Å². The van der Waals surface area contributed by atoms with Crippen LogP contribution < -0.4 is 5.32 Å². The van der Waals surface area contributed by atoms with Crippen LogP contribution in [0.4, 0.5) is 0 Å². The smallest absolute Gasteiger partial charge is 0.268 e. The highest BCUT2D eigenvalue weighted by atomic mass is 35.5. The first-order valence-corrected chi connectivity index (χ1v) is 7.21. The fourth-order valence-corrected chi connectivity index (χ4v) is 2.88. The molecular weight excluding hydrogens is 287 g/mol. The minimum atomic E-state index is -0.149. The third-order valence-electron chi connectivity index (χ3n) is 3.79. The van der Waals surface area contributed by atoms with Crippen molar-refractivity contribution in [2.45, 2.75) is 31.7 Å². The topological polar surface area (TPSA) is 54.3 Å². The summed E-state index contributed by atoms with van der Waals surface area (Å²) in [5.41, 5.74) is 0.472. The first-order chi connectivity index (χ1) is 9.02.